The topological polar surface area (TPSA) is 66.7 Å². The van der Waals surface area contributed by atoms with Crippen LogP contribution in [0.4, 0.5) is 0 Å². The van der Waals surface area contributed by atoms with E-state index >= 15 is 0 Å². The van der Waals surface area contributed by atoms with Gasteiger partial charge in [-0.05, 0) is 33.8 Å². The van der Waals surface area contributed by atoms with Crippen LogP contribution < -0.4 is 5.32 Å². The number of fused-ring (bicyclic) bond motifs is 1. The number of nitrogens with one attached hydrogen (secondary N) is 1. The Balaban J connectivity index is 2.07. The molecule has 0 aliphatic carbocycles. The first-order chi connectivity index (χ1) is 11.2. The molecule has 1 N–H and O–H groups in total. The Bertz CT molecular complexity index is 773. The van der Waals surface area contributed by atoms with Crippen LogP contribution in [0, 0.1) is 0 Å². The minimum absolute atomic E-state index is 0.0188. The first-order valence-corrected chi connectivity index (χ1v) is 8.86. The summed E-state index contributed by atoms with van der Waals surface area (Å²) in [5.41, 5.74) is 0.321. The molecule has 0 spiro atoms. The van der Waals surface area contributed by atoms with Crippen molar-refractivity contribution in [2.24, 2.45) is 0 Å². The Labute approximate surface area is 150 Å². The van der Waals surface area contributed by atoms with E-state index in [1.165, 1.54) is 22.3 Å². The molecule has 8 heteroatoms. The molecule has 0 aliphatic heterocycles. The molecule has 0 fully saturated rings. The number of imidazole rings is 1. The van der Waals surface area contributed by atoms with Gasteiger partial charge in [0.25, 0.3) is 0 Å². The lowest BCUT2D eigenvalue weighted by Crippen LogP contribution is -2.47. The molecule has 0 aromatic carbocycles. The molecule has 0 aliphatic rings. The zero-order valence-corrected chi connectivity index (χ0v) is 15.7. The molecule has 6 nitrogen and oxygen atoms in total. The van der Waals surface area contributed by atoms with Crippen molar-refractivity contribution in [2.45, 2.75) is 33.2 Å². The van der Waals surface area contributed by atoms with E-state index in [2.05, 4.69) is 10.3 Å². The normalized spacial score (nSPS) is 12.0. The van der Waals surface area contributed by atoms with E-state index in [1.54, 1.807) is 6.08 Å². The van der Waals surface area contributed by atoms with Gasteiger partial charge in [0.05, 0.1) is 12.2 Å². The third-order valence-electron chi connectivity index (χ3n) is 3.18. The molecule has 0 unspecified atom stereocenters. The highest BCUT2D eigenvalue weighted by Crippen LogP contribution is 2.22. The number of nitrogens with zero attached hydrogens (tertiary/aromatic N) is 3. The molecule has 2 amide bonds. The van der Waals surface area contributed by atoms with E-state index in [1.807, 2.05) is 43.7 Å². The van der Waals surface area contributed by atoms with Crippen molar-refractivity contribution >= 4 is 45.8 Å². The average Bonchev–Trinajstić information content (AvgIpc) is 3.01. The van der Waals surface area contributed by atoms with E-state index in [0.717, 1.165) is 4.96 Å². The van der Waals surface area contributed by atoms with Crippen molar-refractivity contribution in [3.8, 4) is 0 Å². The molecule has 0 atom stereocenters. The smallest absolute Gasteiger partial charge is 0.247 e. The first-order valence-electron chi connectivity index (χ1n) is 7.60. The van der Waals surface area contributed by atoms with Crippen molar-refractivity contribution in [2.75, 3.05) is 13.1 Å². The van der Waals surface area contributed by atoms with Gasteiger partial charge in [-0.15, -0.1) is 11.3 Å². The third-order valence-corrected chi connectivity index (χ3v) is 4.21. The lowest BCUT2D eigenvalue weighted by molar-refractivity contribution is -0.132. The summed E-state index contributed by atoms with van der Waals surface area (Å²) in [7, 11) is 0. The molecular formula is C16H21ClN4O2S. The van der Waals surface area contributed by atoms with Crippen LogP contribution in [-0.4, -0.2) is 44.7 Å². The number of likely N-dealkylation sites (N-methyl/N-ethyl adjacent to an activating group) is 1. The van der Waals surface area contributed by atoms with Gasteiger partial charge < -0.3 is 10.2 Å². The molecular weight excluding hydrogens is 348 g/mol. The average molecular weight is 369 g/mol. The van der Waals surface area contributed by atoms with Crippen molar-refractivity contribution in [1.82, 2.24) is 19.6 Å². The van der Waals surface area contributed by atoms with E-state index in [9.17, 15) is 9.59 Å². The number of hydrogen-bond donors (Lipinski definition) is 1. The van der Waals surface area contributed by atoms with Gasteiger partial charge in [0, 0.05) is 29.7 Å². The maximum absolute atomic E-state index is 12.3. The van der Waals surface area contributed by atoms with E-state index in [-0.39, 0.29) is 23.9 Å². The minimum atomic E-state index is -0.328. The molecule has 0 radical (unpaired) electrons. The van der Waals surface area contributed by atoms with E-state index in [0.29, 0.717) is 17.4 Å². The van der Waals surface area contributed by atoms with Crippen LogP contribution in [0.5, 0.6) is 0 Å². The van der Waals surface area contributed by atoms with Crippen molar-refractivity contribution in [1.29, 1.82) is 0 Å². The van der Waals surface area contributed by atoms with Crippen LogP contribution >= 0.6 is 22.9 Å². The summed E-state index contributed by atoms with van der Waals surface area (Å²) in [6.07, 6.45) is 4.89. The number of hydrogen-bond acceptors (Lipinski definition) is 4. The highest BCUT2D eigenvalue weighted by molar-refractivity contribution is 7.15. The fourth-order valence-electron chi connectivity index (χ4n) is 2.16. The molecule has 130 valence electrons. The maximum Gasteiger partial charge on any atom is 0.247 e. The Hall–Kier alpha value is -1.86. The van der Waals surface area contributed by atoms with E-state index in [4.69, 9.17) is 11.6 Å². The molecule has 2 heterocycles. The first kappa shape index (κ1) is 18.5. The number of amides is 2. The van der Waals surface area contributed by atoms with Crippen LogP contribution in [0.15, 0.2) is 17.7 Å². The Morgan fingerprint density at radius 1 is 1.46 bits per heavy atom. The van der Waals surface area contributed by atoms with Gasteiger partial charge >= 0.3 is 0 Å². The monoisotopic (exact) mass is 368 g/mol. The van der Waals surface area contributed by atoms with Crippen LogP contribution in [0.3, 0.4) is 0 Å². The van der Waals surface area contributed by atoms with Gasteiger partial charge in [-0.25, -0.2) is 4.98 Å². The maximum atomic E-state index is 12.3. The summed E-state index contributed by atoms with van der Waals surface area (Å²) in [6.45, 7) is 7.99. The van der Waals surface area contributed by atoms with Crippen molar-refractivity contribution < 1.29 is 9.59 Å². The zero-order valence-electron chi connectivity index (χ0n) is 14.2. The molecule has 2 rings (SSSR count). The van der Waals surface area contributed by atoms with E-state index < -0.39 is 0 Å². The molecule has 0 saturated carbocycles. The summed E-state index contributed by atoms with van der Waals surface area (Å²) in [4.78, 5) is 30.8. The second-order valence-electron chi connectivity index (χ2n) is 6.33. The lowest BCUT2D eigenvalue weighted by atomic mass is 10.1. The number of rotatable bonds is 5. The van der Waals surface area contributed by atoms with Crippen molar-refractivity contribution in [3.05, 3.63) is 28.5 Å². The lowest BCUT2D eigenvalue weighted by Gasteiger charge is -2.24. The molecule has 0 bridgehead atoms. The number of halogens is 1. The fraction of sp³-hybridized carbons (Fsp3) is 0.438. The quantitative estimate of drug-likeness (QED) is 0.825. The van der Waals surface area contributed by atoms with Gasteiger partial charge in [-0.3, -0.25) is 14.0 Å². The number of carbonyl (C=O) groups is 2. The van der Waals surface area contributed by atoms with Gasteiger partial charge in [0.1, 0.15) is 0 Å². The zero-order chi connectivity index (χ0) is 17.9. The summed E-state index contributed by atoms with van der Waals surface area (Å²) in [5.74, 6) is -0.434. The van der Waals surface area contributed by atoms with Crippen molar-refractivity contribution in [3.63, 3.8) is 0 Å². The summed E-state index contributed by atoms with van der Waals surface area (Å²) < 4.78 is 1.82. The third kappa shape index (κ3) is 4.58. The van der Waals surface area contributed by atoms with Gasteiger partial charge in [0.2, 0.25) is 11.8 Å². The second-order valence-corrected chi connectivity index (χ2v) is 7.56. The van der Waals surface area contributed by atoms with Crippen LogP contribution in [-0.2, 0) is 9.59 Å². The Kier molecular flexibility index (Phi) is 5.66. The summed E-state index contributed by atoms with van der Waals surface area (Å²) in [6, 6.07) is 0. The van der Waals surface area contributed by atoms with Gasteiger partial charge in [0.15, 0.2) is 10.1 Å². The summed E-state index contributed by atoms with van der Waals surface area (Å²) in [5, 5.41) is 5.09. The largest absolute Gasteiger partial charge is 0.350 e. The highest BCUT2D eigenvalue weighted by atomic mass is 35.5. The molecule has 24 heavy (non-hydrogen) atoms. The molecule has 0 saturated heterocycles. The molecule has 2 aromatic heterocycles. The standard InChI is InChI=1S/C16H21ClN4O2S/c1-5-20(10-12(22)19-16(2,3)4)13(23)7-6-11-14(17)18-15-21(11)8-9-24-15/h6-9H,5,10H2,1-4H3,(H,19,22)/b7-6+. The predicted octanol–water partition coefficient (Wildman–Crippen LogP) is 2.83. The highest BCUT2D eigenvalue weighted by Gasteiger charge is 2.18. The Morgan fingerprint density at radius 2 is 2.17 bits per heavy atom. The number of aromatic nitrogens is 2. The Morgan fingerprint density at radius 3 is 2.79 bits per heavy atom. The SMILES string of the molecule is CCN(CC(=O)NC(C)(C)C)C(=O)/C=C/c1c(Cl)nc2sccn12. The molecule has 2 aromatic rings. The van der Waals surface area contributed by atoms with Gasteiger partial charge in [-0.2, -0.15) is 0 Å². The summed E-state index contributed by atoms with van der Waals surface area (Å²) >= 11 is 7.56. The van der Waals surface area contributed by atoms with Crippen LogP contribution in [0.1, 0.15) is 33.4 Å². The fourth-order valence-corrected chi connectivity index (χ4v) is 3.16. The van der Waals surface area contributed by atoms with Crippen LogP contribution in [0.25, 0.3) is 11.0 Å². The van der Waals surface area contributed by atoms with Crippen LogP contribution in [0.2, 0.25) is 5.15 Å². The number of thiazole rings is 1. The number of carbonyl (C=O) groups excluding carboxylic acids is 2. The van der Waals surface area contributed by atoms with Gasteiger partial charge in [-0.1, -0.05) is 11.6 Å². The minimum Gasteiger partial charge on any atom is -0.350 e. The second kappa shape index (κ2) is 7.36. The predicted molar refractivity (Wildman–Crippen MR) is 97.3 cm³/mol.